The van der Waals surface area contributed by atoms with Crippen molar-refractivity contribution in [3.8, 4) is 0 Å². The van der Waals surface area contributed by atoms with Gasteiger partial charge < -0.3 is 10.2 Å². The molecule has 1 saturated heterocycles. The van der Waals surface area contributed by atoms with Gasteiger partial charge in [0.1, 0.15) is 6.04 Å². The number of anilines is 1. The van der Waals surface area contributed by atoms with Gasteiger partial charge in [-0.2, -0.15) is 0 Å². The summed E-state index contributed by atoms with van der Waals surface area (Å²) in [7, 11) is 0. The van der Waals surface area contributed by atoms with E-state index in [4.69, 9.17) is 0 Å². The quantitative estimate of drug-likeness (QED) is 0.859. The van der Waals surface area contributed by atoms with Gasteiger partial charge in [0.15, 0.2) is 0 Å². The van der Waals surface area contributed by atoms with Gasteiger partial charge in [0.05, 0.1) is 0 Å². The van der Waals surface area contributed by atoms with E-state index >= 15 is 0 Å². The summed E-state index contributed by atoms with van der Waals surface area (Å²) >= 11 is 0. The molecule has 3 nitrogen and oxygen atoms in total. The largest absolute Gasteiger partial charge is 0.373 e. The lowest BCUT2D eigenvalue weighted by Gasteiger charge is -2.39. The van der Waals surface area contributed by atoms with E-state index in [0.29, 0.717) is 5.41 Å². The molecule has 0 bridgehead atoms. The molecule has 1 aromatic carbocycles. The Morgan fingerprint density at radius 2 is 1.86 bits per heavy atom. The number of rotatable bonds is 1. The van der Waals surface area contributed by atoms with E-state index in [1.807, 2.05) is 12.1 Å². The molecule has 2 aliphatic heterocycles. The summed E-state index contributed by atoms with van der Waals surface area (Å²) in [4.78, 5) is 14.7. The summed E-state index contributed by atoms with van der Waals surface area (Å²) < 4.78 is 0. The van der Waals surface area contributed by atoms with Crippen molar-refractivity contribution < 1.29 is 4.79 Å². The molecule has 114 valence electrons. The van der Waals surface area contributed by atoms with Gasteiger partial charge >= 0.3 is 0 Å². The average Bonchev–Trinajstić information content (AvgIpc) is 2.89. The van der Waals surface area contributed by atoms with E-state index in [-0.39, 0.29) is 11.9 Å². The number of para-hydroxylation sites is 1. The highest BCUT2D eigenvalue weighted by atomic mass is 16.2. The number of amides is 1. The van der Waals surface area contributed by atoms with Crippen molar-refractivity contribution in [1.82, 2.24) is 4.90 Å². The number of carbonyl (C=O) groups excluding carboxylic acids is 1. The van der Waals surface area contributed by atoms with Gasteiger partial charge in [0.2, 0.25) is 5.91 Å². The fourth-order valence-corrected chi connectivity index (χ4v) is 3.63. The van der Waals surface area contributed by atoms with Crippen molar-refractivity contribution >= 4 is 11.6 Å². The number of hydrogen-bond donors (Lipinski definition) is 1. The molecule has 1 unspecified atom stereocenters. The van der Waals surface area contributed by atoms with Crippen molar-refractivity contribution in [3.05, 3.63) is 29.8 Å². The molecule has 1 N–H and O–H groups in total. The molecule has 1 aromatic rings. The van der Waals surface area contributed by atoms with Crippen LogP contribution in [0.4, 0.5) is 5.69 Å². The predicted octanol–water partition coefficient (Wildman–Crippen LogP) is 3.31. The van der Waals surface area contributed by atoms with Gasteiger partial charge in [-0.15, -0.1) is 0 Å². The van der Waals surface area contributed by atoms with Gasteiger partial charge in [-0.25, -0.2) is 0 Å². The van der Waals surface area contributed by atoms with E-state index in [1.54, 1.807) is 0 Å². The highest BCUT2D eigenvalue weighted by molar-refractivity contribution is 5.87. The number of nitrogens with one attached hydrogen (secondary N) is 1. The van der Waals surface area contributed by atoms with Gasteiger partial charge in [0.25, 0.3) is 0 Å². The topological polar surface area (TPSA) is 32.3 Å². The molecular formula is C18H26N2O. The zero-order valence-corrected chi connectivity index (χ0v) is 13.4. The maximum atomic E-state index is 12.7. The molecule has 0 spiro atoms. The number of carbonyl (C=O) groups is 1. The fourth-order valence-electron chi connectivity index (χ4n) is 3.63. The van der Waals surface area contributed by atoms with Crippen LogP contribution in [-0.2, 0) is 11.2 Å². The zero-order chi connectivity index (χ0) is 15.0. The molecule has 3 heteroatoms. The van der Waals surface area contributed by atoms with Crippen LogP contribution in [0.25, 0.3) is 0 Å². The van der Waals surface area contributed by atoms with E-state index in [2.05, 4.69) is 43.1 Å². The first-order chi connectivity index (χ1) is 9.95. The Morgan fingerprint density at radius 3 is 2.48 bits per heavy atom. The molecule has 0 aliphatic carbocycles. The van der Waals surface area contributed by atoms with Gasteiger partial charge in [-0.1, -0.05) is 39.0 Å². The fraction of sp³-hybridized carbons (Fsp3) is 0.611. The summed E-state index contributed by atoms with van der Waals surface area (Å²) in [6.45, 7) is 8.75. The first kappa shape index (κ1) is 14.4. The minimum atomic E-state index is -0.0615. The third-order valence-electron chi connectivity index (χ3n) is 5.10. The Labute approximate surface area is 127 Å². The molecule has 2 heterocycles. The number of piperidine rings is 1. The second-order valence-electron chi connectivity index (χ2n) is 7.52. The summed E-state index contributed by atoms with van der Waals surface area (Å²) in [6, 6.07) is 8.18. The van der Waals surface area contributed by atoms with Crippen LogP contribution in [0.15, 0.2) is 24.3 Å². The SMILES string of the molecule is CC(C)(C)C1CCN(C(=O)C2Cc3ccccc3N2)CC1. The van der Waals surface area contributed by atoms with E-state index in [9.17, 15) is 4.79 Å². The molecule has 21 heavy (non-hydrogen) atoms. The Kier molecular flexibility index (Phi) is 3.68. The molecule has 3 rings (SSSR count). The molecule has 0 radical (unpaired) electrons. The van der Waals surface area contributed by atoms with Crippen LogP contribution in [0, 0.1) is 11.3 Å². The standard InChI is InChI=1S/C18H26N2O/c1-18(2,3)14-8-10-20(11-9-14)17(21)16-12-13-6-4-5-7-15(13)19-16/h4-7,14,16,19H,8-12H2,1-3H3. The van der Waals surface area contributed by atoms with Crippen LogP contribution in [0.3, 0.4) is 0 Å². The van der Waals surface area contributed by atoms with Gasteiger partial charge in [-0.05, 0) is 35.8 Å². The van der Waals surface area contributed by atoms with Crippen LogP contribution in [0.5, 0.6) is 0 Å². The van der Waals surface area contributed by atoms with Crippen LogP contribution >= 0.6 is 0 Å². The van der Waals surface area contributed by atoms with Crippen LogP contribution in [0.2, 0.25) is 0 Å². The summed E-state index contributed by atoms with van der Waals surface area (Å²) in [6.07, 6.45) is 3.10. The maximum Gasteiger partial charge on any atom is 0.245 e. The number of nitrogens with zero attached hydrogens (tertiary/aromatic N) is 1. The molecule has 2 aliphatic rings. The monoisotopic (exact) mass is 286 g/mol. The smallest absolute Gasteiger partial charge is 0.245 e. The summed E-state index contributed by atoms with van der Waals surface area (Å²) in [5.74, 6) is 1.01. The minimum absolute atomic E-state index is 0.0615. The van der Waals surface area contributed by atoms with Gasteiger partial charge in [-0.3, -0.25) is 4.79 Å². The highest BCUT2D eigenvalue weighted by Crippen LogP contribution is 2.35. The number of hydrogen-bond acceptors (Lipinski definition) is 2. The molecule has 0 aromatic heterocycles. The molecule has 0 saturated carbocycles. The summed E-state index contributed by atoms with van der Waals surface area (Å²) in [5, 5.41) is 3.38. The van der Waals surface area contributed by atoms with Crippen molar-refractivity contribution in [2.75, 3.05) is 18.4 Å². The zero-order valence-electron chi connectivity index (χ0n) is 13.4. The van der Waals surface area contributed by atoms with Crippen molar-refractivity contribution in [1.29, 1.82) is 0 Å². The Hall–Kier alpha value is -1.51. The third-order valence-corrected chi connectivity index (χ3v) is 5.10. The third kappa shape index (κ3) is 2.92. The summed E-state index contributed by atoms with van der Waals surface area (Å²) in [5.41, 5.74) is 2.75. The van der Waals surface area contributed by atoms with Crippen molar-refractivity contribution in [3.63, 3.8) is 0 Å². The first-order valence-electron chi connectivity index (χ1n) is 8.08. The minimum Gasteiger partial charge on any atom is -0.373 e. The van der Waals surface area contributed by atoms with E-state index in [0.717, 1.165) is 44.0 Å². The highest BCUT2D eigenvalue weighted by Gasteiger charge is 2.34. The lowest BCUT2D eigenvalue weighted by molar-refractivity contribution is -0.133. The molecule has 1 amide bonds. The van der Waals surface area contributed by atoms with Crippen LogP contribution in [-0.4, -0.2) is 29.9 Å². The number of benzene rings is 1. The maximum absolute atomic E-state index is 12.7. The van der Waals surface area contributed by atoms with Crippen molar-refractivity contribution in [2.45, 2.75) is 46.1 Å². The van der Waals surface area contributed by atoms with Crippen LogP contribution < -0.4 is 5.32 Å². The lowest BCUT2D eigenvalue weighted by atomic mass is 9.75. The molecular weight excluding hydrogens is 260 g/mol. The molecule has 1 fully saturated rings. The first-order valence-corrected chi connectivity index (χ1v) is 8.08. The number of fused-ring (bicyclic) bond motifs is 1. The Bertz CT molecular complexity index is 499. The average molecular weight is 286 g/mol. The molecule has 1 atom stereocenters. The Balaban J connectivity index is 1.59. The second kappa shape index (κ2) is 5.36. The Morgan fingerprint density at radius 1 is 1.19 bits per heavy atom. The van der Waals surface area contributed by atoms with E-state index < -0.39 is 0 Å². The van der Waals surface area contributed by atoms with Crippen LogP contribution in [0.1, 0.15) is 39.2 Å². The van der Waals surface area contributed by atoms with Crippen molar-refractivity contribution in [2.24, 2.45) is 11.3 Å². The number of likely N-dealkylation sites (tertiary alicyclic amines) is 1. The second-order valence-corrected chi connectivity index (χ2v) is 7.52. The van der Waals surface area contributed by atoms with E-state index in [1.165, 1.54) is 5.56 Å². The lowest BCUT2D eigenvalue weighted by Crippen LogP contribution is -2.47. The normalized spacial score (nSPS) is 22.8. The predicted molar refractivity (Wildman–Crippen MR) is 86.3 cm³/mol. The van der Waals surface area contributed by atoms with Gasteiger partial charge in [0, 0.05) is 25.2 Å².